The maximum atomic E-state index is 11.3. The van der Waals surface area contributed by atoms with E-state index in [-0.39, 0.29) is 22.3 Å². The van der Waals surface area contributed by atoms with Crippen LogP contribution in [-0.4, -0.2) is 69.8 Å². The van der Waals surface area contributed by atoms with Gasteiger partial charge in [-0.3, -0.25) is 19.2 Å². The number of aliphatic carboxylic acids is 4. The lowest BCUT2D eigenvalue weighted by molar-refractivity contribution is -0.144. The summed E-state index contributed by atoms with van der Waals surface area (Å²) in [7, 11) is 0. The summed E-state index contributed by atoms with van der Waals surface area (Å²) < 4.78 is 0. The third-order valence-electron chi connectivity index (χ3n) is 27.5. The van der Waals surface area contributed by atoms with Crippen molar-refractivity contribution in [1.82, 2.24) is 0 Å². The van der Waals surface area contributed by atoms with Crippen molar-refractivity contribution in [2.45, 2.75) is 470 Å². The fourth-order valence-electron chi connectivity index (χ4n) is 18.4. The van der Waals surface area contributed by atoms with Crippen LogP contribution in [0.3, 0.4) is 0 Å². The Balaban J connectivity index is 0.000000287. The van der Waals surface area contributed by atoms with Crippen LogP contribution in [0.15, 0.2) is 42.5 Å². The van der Waals surface area contributed by atoms with Crippen LogP contribution in [-0.2, 0) is 70.5 Å². The molecule has 686 valence electrons. The summed E-state index contributed by atoms with van der Waals surface area (Å²) in [6.45, 7) is 36.7. The maximum Gasteiger partial charge on any atom is 0.309 e. The van der Waals surface area contributed by atoms with Crippen molar-refractivity contribution >= 4 is 23.9 Å². The standard InChI is InChI=1S/2C28H46O2.C26H42O5.C26H42O4/c1-22-20-23(2)25(15-11-7-8-12-16-27(3,4)5)24(21-22)14-10-6-9-13-17-28(18-19-28)26(29)30;1-22-16-17-23(2)25(24(22)14-10-6-8-12-18-27(3,4)5)15-11-7-9-13-19-28(20-21-28)26(29)30;1-25(2,3)14-10-6-4-8-12-19-18-21(27)23(29)22(28)20(19)13-9-5-7-11-15-26(16-17-26)24(30)31;1-25(2,3)16-10-6-4-8-12-20-21(23(28)15-14-22(20)27)13-9-5-7-11-17-26(18-19-26)24(29)30/h20-21H,6-19H2,1-5H3,(H,29,30);16-17H,6-15,18-21H2,1-5H3,(H,29,30);18,27-29H,4-17H2,1-3H3,(H,30,31);14-15,27-28H,4-13,16-19H2,1-3H3,(H,29,30). The van der Waals surface area contributed by atoms with Crippen molar-refractivity contribution in [2.75, 3.05) is 0 Å². The number of phenols is 5. The van der Waals surface area contributed by atoms with Gasteiger partial charge in [0.05, 0.1) is 21.7 Å². The zero-order valence-corrected chi connectivity index (χ0v) is 79.8. The van der Waals surface area contributed by atoms with Gasteiger partial charge in [0.25, 0.3) is 0 Å². The van der Waals surface area contributed by atoms with Crippen LogP contribution < -0.4 is 0 Å². The predicted octanol–water partition coefficient (Wildman–Crippen LogP) is 30.1. The number of carboxylic acid groups (broad SMARTS) is 4. The molecular formula is C108H176O13. The molecular weight excluding hydrogens is 1510 g/mol. The zero-order chi connectivity index (χ0) is 89.7. The number of rotatable bonds is 56. The van der Waals surface area contributed by atoms with Crippen LogP contribution in [0.4, 0.5) is 0 Å². The van der Waals surface area contributed by atoms with Gasteiger partial charge in [-0.05, 0) is 318 Å². The number of hydrogen-bond donors (Lipinski definition) is 9. The molecule has 0 radical (unpaired) electrons. The van der Waals surface area contributed by atoms with Gasteiger partial charge in [0.2, 0.25) is 5.75 Å². The molecule has 9 N–H and O–H groups in total. The summed E-state index contributed by atoms with van der Waals surface area (Å²) in [4.78, 5) is 45.0. The molecule has 4 fully saturated rings. The summed E-state index contributed by atoms with van der Waals surface area (Å²) in [5.41, 5.74) is 15.7. The molecule has 4 aliphatic rings. The van der Waals surface area contributed by atoms with E-state index in [0.717, 1.165) is 208 Å². The summed E-state index contributed by atoms with van der Waals surface area (Å²) >= 11 is 0. The Hall–Kier alpha value is -6.24. The normalized spacial score (nSPS) is 15.3. The first kappa shape index (κ1) is 105. The van der Waals surface area contributed by atoms with Gasteiger partial charge in [-0.1, -0.05) is 267 Å². The van der Waals surface area contributed by atoms with Crippen LogP contribution in [0.5, 0.6) is 28.7 Å². The second kappa shape index (κ2) is 51.4. The summed E-state index contributed by atoms with van der Waals surface area (Å²) in [5.74, 6) is -2.70. The Morgan fingerprint density at radius 2 is 0.496 bits per heavy atom. The highest BCUT2D eigenvalue weighted by Crippen LogP contribution is 2.53. The largest absolute Gasteiger partial charge is 0.508 e. The highest BCUT2D eigenvalue weighted by Gasteiger charge is 2.51. The van der Waals surface area contributed by atoms with E-state index in [9.17, 15) is 65.1 Å². The van der Waals surface area contributed by atoms with Crippen LogP contribution in [0.1, 0.15) is 458 Å². The highest BCUT2D eigenvalue weighted by molar-refractivity contribution is 5.79. The van der Waals surface area contributed by atoms with Crippen molar-refractivity contribution in [3.05, 3.63) is 109 Å². The third-order valence-corrected chi connectivity index (χ3v) is 27.5. The molecule has 0 atom stereocenters. The molecule has 0 bridgehead atoms. The monoisotopic (exact) mass is 1680 g/mol. The molecule has 0 unspecified atom stereocenters. The van der Waals surface area contributed by atoms with E-state index < -0.39 is 40.5 Å². The number of aryl methyl sites for hydroxylation is 6. The van der Waals surface area contributed by atoms with Crippen LogP contribution in [0.25, 0.3) is 0 Å². The Morgan fingerprint density at radius 3 is 0.769 bits per heavy atom. The molecule has 0 spiro atoms. The van der Waals surface area contributed by atoms with Crippen molar-refractivity contribution in [2.24, 2.45) is 43.3 Å². The molecule has 0 aromatic heterocycles. The molecule has 0 saturated heterocycles. The van der Waals surface area contributed by atoms with Crippen molar-refractivity contribution < 1.29 is 65.1 Å². The lowest BCUT2D eigenvalue weighted by Crippen LogP contribution is -2.14. The van der Waals surface area contributed by atoms with Gasteiger partial charge < -0.3 is 46.0 Å². The number of phenolic OH excluding ortho intramolecular Hbond substituents is 5. The van der Waals surface area contributed by atoms with Crippen LogP contribution in [0.2, 0.25) is 0 Å². The third kappa shape index (κ3) is 40.3. The Bertz CT molecular complexity index is 3610. The first-order chi connectivity index (χ1) is 57.0. The average Bonchev–Trinajstić information content (AvgIpc) is 1.61. The minimum absolute atomic E-state index is 0.189. The van der Waals surface area contributed by atoms with E-state index >= 15 is 0 Å². The predicted molar refractivity (Wildman–Crippen MR) is 502 cm³/mol. The molecule has 13 heteroatoms. The van der Waals surface area contributed by atoms with E-state index in [1.807, 2.05) is 0 Å². The summed E-state index contributed by atoms with van der Waals surface area (Å²) in [6, 6.07) is 14.2. The molecule has 4 aromatic carbocycles. The quantitative estimate of drug-likeness (QED) is 0.0113. The van der Waals surface area contributed by atoms with Gasteiger partial charge >= 0.3 is 23.9 Å². The van der Waals surface area contributed by atoms with E-state index in [2.05, 4.69) is 135 Å². The molecule has 8 rings (SSSR count). The fourth-order valence-corrected chi connectivity index (χ4v) is 18.4. The topological polar surface area (TPSA) is 250 Å². The van der Waals surface area contributed by atoms with Gasteiger partial charge in [0.1, 0.15) is 11.5 Å². The summed E-state index contributed by atoms with van der Waals surface area (Å²) in [5, 5.41) is 88.1. The number of carboxylic acids is 4. The molecule has 0 aliphatic heterocycles. The van der Waals surface area contributed by atoms with E-state index in [0.29, 0.717) is 39.6 Å². The van der Waals surface area contributed by atoms with Crippen molar-refractivity contribution in [1.29, 1.82) is 0 Å². The number of unbranched alkanes of at least 4 members (excludes halogenated alkanes) is 24. The molecule has 4 aromatic rings. The molecule has 0 heterocycles. The number of hydrogen-bond acceptors (Lipinski definition) is 9. The van der Waals surface area contributed by atoms with Crippen molar-refractivity contribution in [3.63, 3.8) is 0 Å². The first-order valence-corrected chi connectivity index (χ1v) is 48.9. The molecule has 4 saturated carbocycles. The molecule has 0 amide bonds. The second-order valence-electron chi connectivity index (χ2n) is 43.6. The first-order valence-electron chi connectivity index (χ1n) is 48.9. The minimum Gasteiger partial charge on any atom is -0.508 e. The zero-order valence-electron chi connectivity index (χ0n) is 79.8. The number of carbonyl (C=O) groups is 4. The highest BCUT2D eigenvalue weighted by atomic mass is 16.4. The van der Waals surface area contributed by atoms with E-state index in [1.165, 1.54) is 189 Å². The van der Waals surface area contributed by atoms with E-state index in [4.69, 9.17) is 0 Å². The molecule has 13 nitrogen and oxygen atoms in total. The van der Waals surface area contributed by atoms with Gasteiger partial charge in [0, 0.05) is 16.7 Å². The van der Waals surface area contributed by atoms with E-state index in [1.54, 1.807) is 40.5 Å². The summed E-state index contributed by atoms with van der Waals surface area (Å²) in [6.07, 6.45) is 60.0. The van der Waals surface area contributed by atoms with Gasteiger partial charge in [-0.15, -0.1) is 0 Å². The Kier molecular flexibility index (Phi) is 44.7. The molecule has 121 heavy (non-hydrogen) atoms. The lowest BCUT2D eigenvalue weighted by Gasteiger charge is -2.18. The van der Waals surface area contributed by atoms with Crippen molar-refractivity contribution in [3.8, 4) is 28.7 Å². The smallest absolute Gasteiger partial charge is 0.309 e. The minimum atomic E-state index is -0.653. The SMILES string of the molecule is CC(C)(C)CCCCCCc1c(O)ccc(O)c1CCCCCCC1(C(=O)O)CC1.CC(C)(C)CCCCCCc1cc(O)c(O)c(O)c1CCCCCCC1(C(=O)O)CC1.Cc1cc(C)c(CCCCCCC(C)(C)C)c(CCCCCCC2(C(=O)O)CC2)c1.Cc1ccc(C)c(CCCCCCC2(C(=O)O)CC2)c1CCCCCCC(C)(C)C. The Labute approximate surface area is 736 Å². The van der Waals surface area contributed by atoms with Crippen LogP contribution >= 0.6 is 0 Å². The van der Waals surface area contributed by atoms with Gasteiger partial charge in [-0.2, -0.15) is 0 Å². The second-order valence-corrected chi connectivity index (χ2v) is 43.6. The fraction of sp³-hybridized carbons (Fsp3) is 0.741. The number of benzene rings is 4. The average molecular weight is 1680 g/mol. The molecule has 4 aliphatic carbocycles. The maximum absolute atomic E-state index is 11.3. The Morgan fingerprint density at radius 1 is 0.256 bits per heavy atom. The van der Waals surface area contributed by atoms with Gasteiger partial charge in [-0.25, -0.2) is 0 Å². The lowest BCUT2D eigenvalue weighted by atomic mass is 9.88. The number of aromatic hydroxyl groups is 5. The van der Waals surface area contributed by atoms with Crippen LogP contribution in [0, 0.1) is 71.0 Å². The van der Waals surface area contributed by atoms with Gasteiger partial charge in [0.15, 0.2) is 11.5 Å².